The minimum atomic E-state index is -0.651. The predicted molar refractivity (Wildman–Crippen MR) is 61.4 cm³/mol. The van der Waals surface area contributed by atoms with Gasteiger partial charge in [0.1, 0.15) is 6.10 Å². The first kappa shape index (κ1) is 14.4. The van der Waals surface area contributed by atoms with Crippen LogP contribution in [0.25, 0.3) is 0 Å². The van der Waals surface area contributed by atoms with E-state index in [1.165, 1.54) is 0 Å². The number of hydrogen-bond acceptors (Lipinski definition) is 5. The summed E-state index contributed by atoms with van der Waals surface area (Å²) >= 11 is 0. The first-order valence-electron chi connectivity index (χ1n) is 6.10. The second-order valence-electron chi connectivity index (χ2n) is 4.59. The van der Waals surface area contributed by atoms with Crippen molar-refractivity contribution < 1.29 is 24.1 Å². The normalized spacial score (nSPS) is 27.1. The number of aliphatic hydroxyl groups is 1. The van der Waals surface area contributed by atoms with Gasteiger partial charge in [-0.3, -0.25) is 4.79 Å². The molecule has 0 bridgehead atoms. The summed E-state index contributed by atoms with van der Waals surface area (Å²) in [6.45, 7) is 5.78. The van der Waals surface area contributed by atoms with E-state index in [1.54, 1.807) is 6.92 Å². The minimum Gasteiger partial charge on any atom is -0.466 e. The van der Waals surface area contributed by atoms with Crippen LogP contribution in [-0.2, 0) is 19.0 Å². The van der Waals surface area contributed by atoms with Crippen LogP contribution in [0.5, 0.6) is 0 Å². The van der Waals surface area contributed by atoms with E-state index in [-0.39, 0.29) is 24.8 Å². The topological polar surface area (TPSA) is 65.0 Å². The Hall–Kier alpha value is -0.650. The molecule has 0 aromatic carbocycles. The van der Waals surface area contributed by atoms with Crippen molar-refractivity contribution in [3.8, 4) is 0 Å². The number of ether oxygens (including phenoxy) is 3. The Morgan fingerprint density at radius 3 is 2.59 bits per heavy atom. The molecule has 0 aliphatic carbocycles. The molecular formula is C12H22O5. The molecule has 1 saturated heterocycles. The molecule has 100 valence electrons. The SMILES string of the molecule is CCOC(=O)CCC[C@@H]1OC(C)(C)O[C@@H]1CO. The van der Waals surface area contributed by atoms with Gasteiger partial charge in [-0.05, 0) is 33.6 Å². The van der Waals surface area contributed by atoms with E-state index in [1.807, 2.05) is 13.8 Å². The molecule has 0 aromatic heterocycles. The summed E-state index contributed by atoms with van der Waals surface area (Å²) in [5, 5.41) is 9.16. The number of aliphatic hydroxyl groups excluding tert-OH is 1. The third-order valence-corrected chi connectivity index (χ3v) is 2.64. The highest BCUT2D eigenvalue weighted by Gasteiger charge is 2.40. The zero-order chi connectivity index (χ0) is 12.9. The Bertz CT molecular complexity index is 251. The van der Waals surface area contributed by atoms with Crippen molar-refractivity contribution in [2.24, 2.45) is 0 Å². The monoisotopic (exact) mass is 246 g/mol. The molecule has 1 heterocycles. The van der Waals surface area contributed by atoms with E-state index in [9.17, 15) is 4.79 Å². The van der Waals surface area contributed by atoms with Gasteiger partial charge < -0.3 is 19.3 Å². The molecule has 1 fully saturated rings. The highest BCUT2D eigenvalue weighted by molar-refractivity contribution is 5.69. The van der Waals surface area contributed by atoms with Crippen LogP contribution in [0.15, 0.2) is 0 Å². The van der Waals surface area contributed by atoms with Crippen molar-refractivity contribution in [1.82, 2.24) is 0 Å². The summed E-state index contributed by atoms with van der Waals surface area (Å²) in [5.41, 5.74) is 0. The van der Waals surface area contributed by atoms with Crippen molar-refractivity contribution in [1.29, 1.82) is 0 Å². The van der Waals surface area contributed by atoms with Gasteiger partial charge in [-0.15, -0.1) is 0 Å². The molecule has 17 heavy (non-hydrogen) atoms. The van der Waals surface area contributed by atoms with Crippen molar-refractivity contribution >= 4 is 5.97 Å². The zero-order valence-electron chi connectivity index (χ0n) is 10.8. The standard InChI is InChI=1S/C12H22O5/c1-4-15-11(14)7-5-6-9-10(8-13)17-12(2,3)16-9/h9-10,13H,4-8H2,1-3H3/t9-,10+/m0/s1. The second-order valence-corrected chi connectivity index (χ2v) is 4.59. The molecule has 1 aliphatic rings. The fraction of sp³-hybridized carbons (Fsp3) is 0.917. The van der Waals surface area contributed by atoms with Crippen LogP contribution in [0.2, 0.25) is 0 Å². The molecule has 0 spiro atoms. The highest BCUT2D eigenvalue weighted by atomic mass is 16.8. The van der Waals surface area contributed by atoms with Gasteiger partial charge in [-0.2, -0.15) is 0 Å². The van der Waals surface area contributed by atoms with Crippen LogP contribution in [0, 0.1) is 0 Å². The molecule has 1 rings (SSSR count). The third-order valence-electron chi connectivity index (χ3n) is 2.64. The second kappa shape index (κ2) is 6.33. The number of carbonyl (C=O) groups excluding carboxylic acids is 1. The predicted octanol–water partition coefficient (Wildman–Crippen LogP) is 1.23. The Balaban J connectivity index is 2.29. The Labute approximate surface area is 102 Å². The number of rotatable bonds is 6. The lowest BCUT2D eigenvalue weighted by Gasteiger charge is -2.16. The van der Waals surface area contributed by atoms with Crippen LogP contribution in [0.3, 0.4) is 0 Å². The van der Waals surface area contributed by atoms with Crippen LogP contribution in [0.4, 0.5) is 0 Å². The molecule has 0 unspecified atom stereocenters. The first-order chi connectivity index (χ1) is 7.98. The molecule has 0 radical (unpaired) electrons. The van der Waals surface area contributed by atoms with Crippen molar-refractivity contribution in [2.45, 2.75) is 58.0 Å². The Kier molecular flexibility index (Phi) is 5.36. The van der Waals surface area contributed by atoms with Crippen molar-refractivity contribution in [2.75, 3.05) is 13.2 Å². The maximum atomic E-state index is 11.2. The average molecular weight is 246 g/mol. The zero-order valence-corrected chi connectivity index (χ0v) is 10.8. The van der Waals surface area contributed by atoms with Crippen LogP contribution in [-0.4, -0.2) is 42.3 Å². The van der Waals surface area contributed by atoms with E-state index < -0.39 is 5.79 Å². The molecule has 0 aromatic rings. The number of carbonyl (C=O) groups is 1. The summed E-state index contributed by atoms with van der Waals surface area (Å²) < 4.78 is 16.0. The van der Waals surface area contributed by atoms with Crippen LogP contribution >= 0.6 is 0 Å². The van der Waals surface area contributed by atoms with Gasteiger partial charge in [-0.1, -0.05) is 0 Å². The molecule has 1 N–H and O–H groups in total. The summed E-state index contributed by atoms with van der Waals surface area (Å²) in [6, 6.07) is 0. The van der Waals surface area contributed by atoms with Gasteiger partial charge in [0.05, 0.1) is 19.3 Å². The fourth-order valence-electron chi connectivity index (χ4n) is 1.99. The largest absolute Gasteiger partial charge is 0.466 e. The Morgan fingerprint density at radius 1 is 1.35 bits per heavy atom. The molecule has 5 heteroatoms. The van der Waals surface area contributed by atoms with Crippen molar-refractivity contribution in [3.05, 3.63) is 0 Å². The van der Waals surface area contributed by atoms with Gasteiger partial charge >= 0.3 is 5.97 Å². The quantitative estimate of drug-likeness (QED) is 0.714. The van der Waals surface area contributed by atoms with Gasteiger partial charge in [0, 0.05) is 6.42 Å². The van der Waals surface area contributed by atoms with E-state index in [4.69, 9.17) is 19.3 Å². The summed E-state index contributed by atoms with van der Waals surface area (Å²) in [6.07, 6.45) is 1.30. The van der Waals surface area contributed by atoms with E-state index in [0.29, 0.717) is 25.9 Å². The molecule has 0 amide bonds. The van der Waals surface area contributed by atoms with Crippen LogP contribution in [0.1, 0.15) is 40.0 Å². The highest BCUT2D eigenvalue weighted by Crippen LogP contribution is 2.30. The minimum absolute atomic E-state index is 0.0620. The van der Waals surface area contributed by atoms with E-state index >= 15 is 0 Å². The fourth-order valence-corrected chi connectivity index (χ4v) is 1.99. The molecule has 2 atom stereocenters. The maximum Gasteiger partial charge on any atom is 0.305 e. The van der Waals surface area contributed by atoms with Crippen molar-refractivity contribution in [3.63, 3.8) is 0 Å². The molecule has 5 nitrogen and oxygen atoms in total. The summed E-state index contributed by atoms with van der Waals surface area (Å²) in [4.78, 5) is 11.2. The average Bonchev–Trinajstić information content (AvgIpc) is 2.54. The van der Waals surface area contributed by atoms with Gasteiger partial charge in [-0.25, -0.2) is 0 Å². The lowest BCUT2D eigenvalue weighted by atomic mass is 10.1. The smallest absolute Gasteiger partial charge is 0.305 e. The van der Waals surface area contributed by atoms with Gasteiger partial charge in [0.15, 0.2) is 5.79 Å². The third kappa shape index (κ3) is 4.61. The lowest BCUT2D eigenvalue weighted by molar-refractivity contribution is -0.149. The molecule has 1 aliphatic heterocycles. The molecular weight excluding hydrogens is 224 g/mol. The lowest BCUT2D eigenvalue weighted by Crippen LogP contribution is -2.26. The van der Waals surface area contributed by atoms with Crippen LogP contribution < -0.4 is 0 Å². The van der Waals surface area contributed by atoms with Gasteiger partial charge in [0.25, 0.3) is 0 Å². The number of hydrogen-bond donors (Lipinski definition) is 1. The van der Waals surface area contributed by atoms with E-state index in [0.717, 1.165) is 0 Å². The Morgan fingerprint density at radius 2 is 2.00 bits per heavy atom. The molecule has 0 saturated carbocycles. The summed E-state index contributed by atoms with van der Waals surface area (Å²) in [7, 11) is 0. The maximum absolute atomic E-state index is 11.2. The van der Waals surface area contributed by atoms with Gasteiger partial charge in [0.2, 0.25) is 0 Å². The summed E-state index contributed by atoms with van der Waals surface area (Å²) in [5.74, 6) is -0.839. The first-order valence-corrected chi connectivity index (χ1v) is 6.10. The number of esters is 1. The van der Waals surface area contributed by atoms with E-state index in [2.05, 4.69) is 0 Å².